The van der Waals surface area contributed by atoms with Crippen LogP contribution in [0.2, 0.25) is 0 Å². The van der Waals surface area contributed by atoms with E-state index in [1.54, 1.807) is 13.2 Å². The second-order valence-electron chi connectivity index (χ2n) is 4.16. The third-order valence-electron chi connectivity index (χ3n) is 2.59. The number of benzene rings is 1. The van der Waals surface area contributed by atoms with Crippen molar-refractivity contribution in [1.82, 2.24) is 5.32 Å². The van der Waals surface area contributed by atoms with Crippen molar-refractivity contribution in [1.29, 1.82) is 0 Å². The zero-order valence-corrected chi connectivity index (χ0v) is 11.6. The molecule has 0 aliphatic heterocycles. The van der Waals surface area contributed by atoms with Gasteiger partial charge >= 0.3 is 0 Å². The summed E-state index contributed by atoms with van der Waals surface area (Å²) in [6.45, 7) is 3.24. The van der Waals surface area contributed by atoms with Crippen molar-refractivity contribution in [3.63, 3.8) is 0 Å². The molecular formula is C14H22N2O3. The molecular weight excluding hydrogens is 244 g/mol. The highest BCUT2D eigenvalue weighted by atomic mass is 16.5. The second-order valence-corrected chi connectivity index (χ2v) is 4.16. The Labute approximate surface area is 114 Å². The predicted molar refractivity (Wildman–Crippen MR) is 74.5 cm³/mol. The van der Waals surface area contributed by atoms with Crippen LogP contribution in [0.1, 0.15) is 18.9 Å². The molecule has 0 aliphatic carbocycles. The molecule has 0 saturated carbocycles. The lowest BCUT2D eigenvalue weighted by molar-refractivity contribution is -0.123. The third kappa shape index (κ3) is 5.18. The van der Waals surface area contributed by atoms with Crippen molar-refractivity contribution < 1.29 is 14.3 Å². The fraction of sp³-hybridized carbons (Fsp3) is 0.500. The maximum Gasteiger partial charge on any atom is 0.257 e. The van der Waals surface area contributed by atoms with E-state index in [-0.39, 0.29) is 12.5 Å². The molecule has 0 heterocycles. The molecule has 0 saturated heterocycles. The molecule has 1 aromatic carbocycles. The van der Waals surface area contributed by atoms with Crippen LogP contribution in [0.4, 0.5) is 0 Å². The summed E-state index contributed by atoms with van der Waals surface area (Å²) in [5.41, 5.74) is 6.60. The highest BCUT2D eigenvalue weighted by molar-refractivity contribution is 5.77. The van der Waals surface area contributed by atoms with Gasteiger partial charge in [-0.15, -0.1) is 0 Å². The molecule has 3 N–H and O–H groups in total. The maximum absolute atomic E-state index is 11.5. The highest BCUT2D eigenvalue weighted by Gasteiger charge is 2.08. The number of amides is 1. The number of hydrogen-bond acceptors (Lipinski definition) is 4. The highest BCUT2D eigenvalue weighted by Crippen LogP contribution is 2.28. The number of rotatable bonds is 8. The van der Waals surface area contributed by atoms with Gasteiger partial charge in [0, 0.05) is 6.54 Å². The number of carbonyl (C=O) groups excluding carboxylic acids is 1. The van der Waals surface area contributed by atoms with E-state index in [0.29, 0.717) is 24.6 Å². The number of carbonyl (C=O) groups is 1. The number of ether oxygens (including phenoxy) is 2. The molecule has 1 rings (SSSR count). The maximum atomic E-state index is 11.5. The largest absolute Gasteiger partial charge is 0.493 e. The average molecular weight is 266 g/mol. The molecule has 0 aromatic heterocycles. The summed E-state index contributed by atoms with van der Waals surface area (Å²) in [6.07, 6.45) is 1.69. The summed E-state index contributed by atoms with van der Waals surface area (Å²) < 4.78 is 10.7. The van der Waals surface area contributed by atoms with Crippen molar-refractivity contribution >= 4 is 5.91 Å². The Balaban J connectivity index is 2.59. The summed E-state index contributed by atoms with van der Waals surface area (Å²) >= 11 is 0. The van der Waals surface area contributed by atoms with Gasteiger partial charge < -0.3 is 20.5 Å². The van der Waals surface area contributed by atoms with Gasteiger partial charge in [0.1, 0.15) is 0 Å². The molecule has 1 amide bonds. The number of nitrogens with one attached hydrogen (secondary N) is 1. The Morgan fingerprint density at radius 2 is 2.16 bits per heavy atom. The van der Waals surface area contributed by atoms with Crippen LogP contribution < -0.4 is 20.5 Å². The van der Waals surface area contributed by atoms with Gasteiger partial charge in [0.05, 0.1) is 7.11 Å². The van der Waals surface area contributed by atoms with Crippen LogP contribution in [-0.2, 0) is 11.2 Å². The number of hydrogen-bond donors (Lipinski definition) is 2. The Hall–Kier alpha value is -1.75. The minimum atomic E-state index is -0.130. The van der Waals surface area contributed by atoms with E-state index in [2.05, 4.69) is 5.32 Å². The van der Waals surface area contributed by atoms with Crippen molar-refractivity contribution in [2.75, 3.05) is 26.8 Å². The molecule has 0 bridgehead atoms. The Morgan fingerprint density at radius 3 is 2.79 bits per heavy atom. The fourth-order valence-corrected chi connectivity index (χ4v) is 1.61. The lowest BCUT2D eigenvalue weighted by Crippen LogP contribution is -2.29. The first-order chi connectivity index (χ1) is 9.21. The van der Waals surface area contributed by atoms with Crippen LogP contribution >= 0.6 is 0 Å². The number of nitrogens with two attached hydrogens (primary N) is 1. The van der Waals surface area contributed by atoms with Gasteiger partial charge in [-0.2, -0.15) is 0 Å². The average Bonchev–Trinajstić information content (AvgIpc) is 2.43. The molecule has 0 radical (unpaired) electrons. The molecule has 19 heavy (non-hydrogen) atoms. The molecule has 0 aliphatic rings. The zero-order valence-electron chi connectivity index (χ0n) is 11.6. The quantitative estimate of drug-likeness (QED) is 0.739. The van der Waals surface area contributed by atoms with E-state index < -0.39 is 0 Å². The summed E-state index contributed by atoms with van der Waals surface area (Å²) in [7, 11) is 1.57. The van der Waals surface area contributed by atoms with Crippen molar-refractivity contribution in [3.8, 4) is 11.5 Å². The van der Waals surface area contributed by atoms with Gasteiger partial charge in [-0.05, 0) is 37.1 Å². The first-order valence-electron chi connectivity index (χ1n) is 6.47. The third-order valence-corrected chi connectivity index (χ3v) is 2.59. The Morgan fingerprint density at radius 1 is 1.37 bits per heavy atom. The van der Waals surface area contributed by atoms with Gasteiger partial charge in [-0.3, -0.25) is 4.79 Å². The smallest absolute Gasteiger partial charge is 0.257 e. The Kier molecular flexibility index (Phi) is 6.74. The minimum Gasteiger partial charge on any atom is -0.493 e. The molecule has 0 spiro atoms. The molecule has 1 aromatic rings. The monoisotopic (exact) mass is 266 g/mol. The van der Waals surface area contributed by atoms with Gasteiger partial charge in [-0.1, -0.05) is 13.0 Å². The molecule has 106 valence electrons. The van der Waals surface area contributed by atoms with Gasteiger partial charge in [0.15, 0.2) is 18.1 Å². The minimum absolute atomic E-state index is 0.00735. The van der Waals surface area contributed by atoms with E-state index in [9.17, 15) is 4.79 Å². The van der Waals surface area contributed by atoms with Crippen LogP contribution in [0, 0.1) is 0 Å². The number of methoxy groups -OCH3 is 1. The van der Waals surface area contributed by atoms with E-state index in [4.69, 9.17) is 15.2 Å². The van der Waals surface area contributed by atoms with Crippen molar-refractivity contribution in [2.45, 2.75) is 19.8 Å². The Bertz CT molecular complexity index is 408. The first-order valence-corrected chi connectivity index (χ1v) is 6.47. The van der Waals surface area contributed by atoms with Crippen molar-refractivity contribution in [2.24, 2.45) is 5.73 Å². The molecule has 0 fully saturated rings. The van der Waals surface area contributed by atoms with Gasteiger partial charge in [0.2, 0.25) is 0 Å². The molecule has 5 nitrogen and oxygen atoms in total. The van der Waals surface area contributed by atoms with Crippen LogP contribution in [0.3, 0.4) is 0 Å². The lowest BCUT2D eigenvalue weighted by Gasteiger charge is -2.12. The lowest BCUT2D eigenvalue weighted by atomic mass is 10.1. The van der Waals surface area contributed by atoms with E-state index in [0.717, 1.165) is 18.4 Å². The van der Waals surface area contributed by atoms with E-state index in [1.807, 2.05) is 19.1 Å². The van der Waals surface area contributed by atoms with Crippen LogP contribution in [0.25, 0.3) is 0 Å². The summed E-state index contributed by atoms with van der Waals surface area (Å²) in [4.78, 5) is 11.5. The fourth-order valence-electron chi connectivity index (χ4n) is 1.61. The molecule has 0 unspecified atom stereocenters. The van der Waals surface area contributed by atoms with Crippen molar-refractivity contribution in [3.05, 3.63) is 23.8 Å². The topological polar surface area (TPSA) is 73.6 Å². The second kappa shape index (κ2) is 8.37. The van der Waals surface area contributed by atoms with Gasteiger partial charge in [0.25, 0.3) is 5.91 Å². The van der Waals surface area contributed by atoms with Crippen LogP contribution in [0.5, 0.6) is 11.5 Å². The summed E-state index contributed by atoms with van der Waals surface area (Å²) in [5, 5.41) is 2.75. The molecule has 5 heteroatoms. The van der Waals surface area contributed by atoms with E-state index >= 15 is 0 Å². The SMILES string of the molecule is CCCNC(=O)COc1ccc(CCN)cc1OC. The molecule has 0 atom stereocenters. The normalized spacial score (nSPS) is 10.1. The van der Waals surface area contributed by atoms with E-state index in [1.165, 1.54) is 0 Å². The zero-order chi connectivity index (χ0) is 14.1. The predicted octanol–water partition coefficient (Wildman–Crippen LogP) is 1.10. The van der Waals surface area contributed by atoms with Gasteiger partial charge in [-0.25, -0.2) is 0 Å². The standard InChI is InChI=1S/C14H22N2O3/c1-3-8-16-14(17)10-19-12-5-4-11(6-7-15)9-13(12)18-2/h4-5,9H,3,6-8,10,15H2,1-2H3,(H,16,17). The first kappa shape index (κ1) is 15.3. The van der Waals surface area contributed by atoms with Crippen LogP contribution in [-0.4, -0.2) is 32.7 Å². The summed E-state index contributed by atoms with van der Waals surface area (Å²) in [6, 6.07) is 5.61. The van der Waals surface area contributed by atoms with Crippen LogP contribution in [0.15, 0.2) is 18.2 Å². The summed E-state index contributed by atoms with van der Waals surface area (Å²) in [5.74, 6) is 1.05.